The summed E-state index contributed by atoms with van der Waals surface area (Å²) >= 11 is 3.60. The maximum atomic E-state index is 5.79. The van der Waals surface area contributed by atoms with Crippen molar-refractivity contribution in [2.75, 3.05) is 11.9 Å². The highest BCUT2D eigenvalue weighted by Gasteiger charge is 2.13. The highest BCUT2D eigenvalue weighted by Crippen LogP contribution is 2.23. The maximum absolute atomic E-state index is 5.79. The van der Waals surface area contributed by atoms with Crippen molar-refractivity contribution in [2.45, 2.75) is 45.6 Å². The SMILES string of the molecule is Cc1ccc(C(CBr)CCOC(C)(C)C)cc1. The first-order valence-corrected chi connectivity index (χ1v) is 7.31. The molecule has 0 radical (unpaired) electrons. The average molecular weight is 299 g/mol. The average Bonchev–Trinajstić information content (AvgIpc) is 2.24. The fourth-order valence-electron chi connectivity index (χ4n) is 1.68. The molecule has 1 aromatic rings. The zero-order chi connectivity index (χ0) is 12.9. The third-order valence-corrected chi connectivity index (χ3v) is 3.52. The van der Waals surface area contributed by atoms with E-state index >= 15 is 0 Å². The van der Waals surface area contributed by atoms with Gasteiger partial charge < -0.3 is 4.74 Å². The Hall–Kier alpha value is -0.340. The second kappa shape index (κ2) is 6.55. The molecule has 2 heteroatoms. The third kappa shape index (κ3) is 5.69. The van der Waals surface area contributed by atoms with Crippen LogP contribution in [-0.2, 0) is 4.74 Å². The molecule has 1 atom stereocenters. The van der Waals surface area contributed by atoms with Gasteiger partial charge in [0.1, 0.15) is 0 Å². The van der Waals surface area contributed by atoms with Crippen LogP contribution in [0.15, 0.2) is 24.3 Å². The quantitative estimate of drug-likeness (QED) is 0.717. The van der Waals surface area contributed by atoms with Crippen LogP contribution in [0.1, 0.15) is 44.2 Å². The normalized spacial score (nSPS) is 13.7. The van der Waals surface area contributed by atoms with E-state index in [-0.39, 0.29) is 5.60 Å². The van der Waals surface area contributed by atoms with E-state index in [0.717, 1.165) is 18.4 Å². The summed E-state index contributed by atoms with van der Waals surface area (Å²) in [6, 6.07) is 8.79. The zero-order valence-corrected chi connectivity index (χ0v) is 12.9. The topological polar surface area (TPSA) is 9.23 Å². The number of benzene rings is 1. The second-order valence-corrected chi connectivity index (χ2v) is 6.16. The van der Waals surface area contributed by atoms with Crippen LogP contribution in [0.2, 0.25) is 0 Å². The highest BCUT2D eigenvalue weighted by atomic mass is 79.9. The van der Waals surface area contributed by atoms with Crippen molar-refractivity contribution in [3.05, 3.63) is 35.4 Å². The fourth-order valence-corrected chi connectivity index (χ4v) is 2.38. The van der Waals surface area contributed by atoms with Crippen LogP contribution < -0.4 is 0 Å². The molecule has 0 aliphatic rings. The summed E-state index contributed by atoms with van der Waals surface area (Å²) in [6.45, 7) is 9.23. The van der Waals surface area contributed by atoms with Crippen molar-refractivity contribution < 1.29 is 4.74 Å². The molecular formula is C15H23BrO. The summed E-state index contributed by atoms with van der Waals surface area (Å²) in [5.74, 6) is 0.540. The van der Waals surface area contributed by atoms with E-state index in [9.17, 15) is 0 Å². The largest absolute Gasteiger partial charge is 0.376 e. The molecule has 0 aliphatic carbocycles. The number of aryl methyl sites for hydroxylation is 1. The van der Waals surface area contributed by atoms with Crippen molar-refractivity contribution in [3.8, 4) is 0 Å². The van der Waals surface area contributed by atoms with Crippen LogP contribution in [0, 0.1) is 6.92 Å². The van der Waals surface area contributed by atoms with E-state index in [1.165, 1.54) is 11.1 Å². The van der Waals surface area contributed by atoms with Gasteiger partial charge in [-0.05, 0) is 45.6 Å². The van der Waals surface area contributed by atoms with E-state index in [1.54, 1.807) is 0 Å². The lowest BCUT2D eigenvalue weighted by Gasteiger charge is -2.22. The first-order valence-electron chi connectivity index (χ1n) is 6.19. The number of rotatable bonds is 5. The first-order chi connectivity index (χ1) is 7.92. The minimum absolute atomic E-state index is 0.0376. The van der Waals surface area contributed by atoms with Gasteiger partial charge in [0.15, 0.2) is 0 Å². The number of ether oxygens (including phenoxy) is 1. The van der Waals surface area contributed by atoms with Gasteiger partial charge in [-0.15, -0.1) is 0 Å². The number of hydrogen-bond donors (Lipinski definition) is 0. The van der Waals surface area contributed by atoms with Gasteiger partial charge in [-0.25, -0.2) is 0 Å². The van der Waals surface area contributed by atoms with E-state index < -0.39 is 0 Å². The molecule has 1 rings (SSSR count). The molecule has 0 amide bonds. The molecular weight excluding hydrogens is 276 g/mol. The molecule has 0 saturated heterocycles. The predicted molar refractivity (Wildman–Crippen MR) is 78.0 cm³/mol. The van der Waals surface area contributed by atoms with Crippen LogP contribution in [-0.4, -0.2) is 17.5 Å². The molecule has 1 unspecified atom stereocenters. The molecule has 1 aromatic carbocycles. The van der Waals surface area contributed by atoms with Gasteiger partial charge in [0.05, 0.1) is 5.60 Å². The Kier molecular flexibility index (Phi) is 5.68. The molecule has 0 aliphatic heterocycles. The van der Waals surface area contributed by atoms with Crippen molar-refractivity contribution in [1.82, 2.24) is 0 Å². The van der Waals surface area contributed by atoms with E-state index in [0.29, 0.717) is 5.92 Å². The van der Waals surface area contributed by atoms with Crippen LogP contribution >= 0.6 is 15.9 Å². The van der Waals surface area contributed by atoms with Crippen LogP contribution in [0.5, 0.6) is 0 Å². The van der Waals surface area contributed by atoms with Gasteiger partial charge in [0.25, 0.3) is 0 Å². The molecule has 0 fully saturated rings. The van der Waals surface area contributed by atoms with Gasteiger partial charge in [-0.3, -0.25) is 0 Å². The summed E-state index contributed by atoms with van der Waals surface area (Å²) in [6.07, 6.45) is 1.06. The van der Waals surface area contributed by atoms with Gasteiger partial charge in [0.2, 0.25) is 0 Å². The van der Waals surface area contributed by atoms with Crippen LogP contribution in [0.4, 0.5) is 0 Å². The third-order valence-electron chi connectivity index (χ3n) is 2.74. The summed E-state index contributed by atoms with van der Waals surface area (Å²) in [5.41, 5.74) is 2.67. The summed E-state index contributed by atoms with van der Waals surface area (Å²) in [4.78, 5) is 0. The lowest BCUT2D eigenvalue weighted by molar-refractivity contribution is -0.00559. The summed E-state index contributed by atoms with van der Waals surface area (Å²) in [7, 11) is 0. The van der Waals surface area contributed by atoms with Crippen molar-refractivity contribution in [1.29, 1.82) is 0 Å². The predicted octanol–water partition coefficient (Wildman–Crippen LogP) is 4.68. The van der Waals surface area contributed by atoms with Crippen LogP contribution in [0.25, 0.3) is 0 Å². The Labute approximate surface area is 114 Å². The Morgan fingerprint density at radius 3 is 2.24 bits per heavy atom. The van der Waals surface area contributed by atoms with E-state index in [4.69, 9.17) is 4.74 Å². The van der Waals surface area contributed by atoms with Crippen molar-refractivity contribution in [3.63, 3.8) is 0 Å². The van der Waals surface area contributed by atoms with E-state index in [2.05, 4.69) is 67.9 Å². The fraction of sp³-hybridized carbons (Fsp3) is 0.600. The zero-order valence-electron chi connectivity index (χ0n) is 11.3. The minimum Gasteiger partial charge on any atom is -0.376 e. The monoisotopic (exact) mass is 298 g/mol. The summed E-state index contributed by atoms with van der Waals surface area (Å²) in [5, 5.41) is 0.990. The minimum atomic E-state index is -0.0376. The van der Waals surface area contributed by atoms with Crippen molar-refractivity contribution >= 4 is 15.9 Å². The molecule has 1 nitrogen and oxygen atoms in total. The second-order valence-electron chi connectivity index (χ2n) is 5.51. The molecule has 0 bridgehead atoms. The van der Waals surface area contributed by atoms with E-state index in [1.807, 2.05) is 0 Å². The standard InChI is InChI=1S/C15H23BrO/c1-12-5-7-13(8-6-12)14(11-16)9-10-17-15(2,3)4/h5-8,14H,9-11H2,1-4H3. The number of halogens is 1. The van der Waals surface area contributed by atoms with Crippen LogP contribution in [0.3, 0.4) is 0 Å². The smallest absolute Gasteiger partial charge is 0.0598 e. The van der Waals surface area contributed by atoms with Gasteiger partial charge >= 0.3 is 0 Å². The molecule has 96 valence electrons. The Morgan fingerprint density at radius 2 is 1.76 bits per heavy atom. The molecule has 0 spiro atoms. The Balaban J connectivity index is 2.51. The van der Waals surface area contributed by atoms with Crippen molar-refractivity contribution in [2.24, 2.45) is 0 Å². The maximum Gasteiger partial charge on any atom is 0.0598 e. The Bertz CT molecular complexity index is 324. The number of hydrogen-bond acceptors (Lipinski definition) is 1. The number of alkyl halides is 1. The molecule has 0 aromatic heterocycles. The summed E-state index contributed by atoms with van der Waals surface area (Å²) < 4.78 is 5.79. The van der Waals surface area contributed by atoms with Gasteiger partial charge in [0, 0.05) is 11.9 Å². The molecule has 0 N–H and O–H groups in total. The van der Waals surface area contributed by atoms with Gasteiger partial charge in [-0.2, -0.15) is 0 Å². The first kappa shape index (κ1) is 14.7. The van der Waals surface area contributed by atoms with Gasteiger partial charge in [-0.1, -0.05) is 45.8 Å². The lowest BCUT2D eigenvalue weighted by atomic mass is 9.97. The Morgan fingerprint density at radius 1 is 1.18 bits per heavy atom. The molecule has 0 saturated carbocycles. The molecule has 17 heavy (non-hydrogen) atoms. The highest BCUT2D eigenvalue weighted by molar-refractivity contribution is 9.09. The lowest BCUT2D eigenvalue weighted by Crippen LogP contribution is -2.20. The molecule has 0 heterocycles.